The van der Waals surface area contributed by atoms with Crippen LogP contribution in [0.5, 0.6) is 5.75 Å². The number of fused-ring (bicyclic) bond motifs is 1. The van der Waals surface area contributed by atoms with Crippen LogP contribution >= 0.6 is 0 Å². The number of hydrogen-bond acceptors (Lipinski definition) is 4. The Morgan fingerprint density at radius 2 is 2.10 bits per heavy atom. The summed E-state index contributed by atoms with van der Waals surface area (Å²) in [6, 6.07) is 6.49. The zero-order valence-corrected chi connectivity index (χ0v) is 12.5. The number of aryl methyl sites for hydroxylation is 2. The molecule has 1 aliphatic carbocycles. The van der Waals surface area contributed by atoms with Gasteiger partial charge in [0.1, 0.15) is 12.4 Å². The Hall–Kier alpha value is -1.88. The molecule has 0 spiro atoms. The van der Waals surface area contributed by atoms with Gasteiger partial charge in [-0.05, 0) is 56.0 Å². The highest BCUT2D eigenvalue weighted by molar-refractivity contribution is 5.37. The second kappa shape index (κ2) is 6.72. The number of hydrogen-bond donors (Lipinski definition) is 1. The fourth-order valence-electron chi connectivity index (χ4n) is 2.77. The molecular weight excluding hydrogens is 264 g/mol. The van der Waals surface area contributed by atoms with E-state index >= 15 is 0 Å². The third kappa shape index (κ3) is 3.61. The van der Waals surface area contributed by atoms with Crippen molar-refractivity contribution in [2.24, 2.45) is 0 Å². The molecule has 0 bridgehead atoms. The van der Waals surface area contributed by atoms with Crippen molar-refractivity contribution >= 4 is 0 Å². The molecule has 0 aliphatic heterocycles. The average Bonchev–Trinajstić information content (AvgIpc) is 2.95. The van der Waals surface area contributed by atoms with E-state index in [1.807, 2.05) is 17.9 Å². The van der Waals surface area contributed by atoms with Crippen LogP contribution in [0.1, 0.15) is 29.7 Å². The van der Waals surface area contributed by atoms with Crippen molar-refractivity contribution < 1.29 is 4.74 Å². The highest BCUT2D eigenvalue weighted by atomic mass is 16.5. The fourth-order valence-corrected chi connectivity index (χ4v) is 2.77. The number of nitrogens with zero attached hydrogens (tertiary/aromatic N) is 3. The Labute approximate surface area is 125 Å². The van der Waals surface area contributed by atoms with Gasteiger partial charge in [0.2, 0.25) is 0 Å². The lowest BCUT2D eigenvalue weighted by molar-refractivity contribution is 0.289. The predicted octanol–water partition coefficient (Wildman–Crippen LogP) is 1.96. The maximum Gasteiger partial charge on any atom is 0.119 e. The molecule has 0 unspecified atom stereocenters. The van der Waals surface area contributed by atoms with Gasteiger partial charge in [-0.25, -0.2) is 4.68 Å². The lowest BCUT2D eigenvalue weighted by atomic mass is 9.92. The summed E-state index contributed by atoms with van der Waals surface area (Å²) in [7, 11) is 1.90. The van der Waals surface area contributed by atoms with Gasteiger partial charge in [-0.1, -0.05) is 11.3 Å². The smallest absolute Gasteiger partial charge is 0.119 e. The molecule has 5 nitrogen and oxygen atoms in total. The maximum absolute atomic E-state index is 5.84. The highest BCUT2D eigenvalue weighted by Gasteiger charge is 2.09. The van der Waals surface area contributed by atoms with E-state index in [4.69, 9.17) is 4.74 Å². The summed E-state index contributed by atoms with van der Waals surface area (Å²) in [5.41, 5.74) is 3.89. The minimum absolute atomic E-state index is 0.612. The summed E-state index contributed by atoms with van der Waals surface area (Å²) >= 11 is 0. The first-order valence-corrected chi connectivity index (χ1v) is 7.63. The van der Waals surface area contributed by atoms with E-state index < -0.39 is 0 Å². The van der Waals surface area contributed by atoms with E-state index in [-0.39, 0.29) is 0 Å². The standard InChI is InChI=1S/C16H22N4O/c1-17-11-15-12-20(19-18-15)8-9-21-16-7-6-13-4-2-3-5-14(13)10-16/h6-7,10,12,17H,2-5,8-9,11H2,1H3. The second-order valence-electron chi connectivity index (χ2n) is 5.49. The molecule has 1 aromatic carbocycles. The first-order chi connectivity index (χ1) is 10.3. The van der Waals surface area contributed by atoms with Crippen molar-refractivity contribution in [1.29, 1.82) is 0 Å². The first-order valence-electron chi connectivity index (χ1n) is 7.63. The molecule has 0 amide bonds. The summed E-state index contributed by atoms with van der Waals surface area (Å²) in [4.78, 5) is 0. The van der Waals surface area contributed by atoms with Gasteiger partial charge >= 0.3 is 0 Å². The van der Waals surface area contributed by atoms with Crippen LogP contribution in [0, 0.1) is 0 Å². The summed E-state index contributed by atoms with van der Waals surface area (Å²) in [5, 5.41) is 11.2. The zero-order valence-electron chi connectivity index (χ0n) is 12.5. The van der Waals surface area contributed by atoms with E-state index in [2.05, 4.69) is 33.8 Å². The first kappa shape index (κ1) is 14.1. The second-order valence-corrected chi connectivity index (χ2v) is 5.49. The molecule has 1 aromatic heterocycles. The quantitative estimate of drug-likeness (QED) is 0.882. The maximum atomic E-state index is 5.84. The molecule has 21 heavy (non-hydrogen) atoms. The van der Waals surface area contributed by atoms with Gasteiger partial charge < -0.3 is 10.1 Å². The predicted molar refractivity (Wildman–Crippen MR) is 81.4 cm³/mol. The molecule has 0 saturated heterocycles. The van der Waals surface area contributed by atoms with Gasteiger partial charge in [0.25, 0.3) is 0 Å². The van der Waals surface area contributed by atoms with Crippen LogP contribution in [0.25, 0.3) is 0 Å². The largest absolute Gasteiger partial charge is 0.492 e. The summed E-state index contributed by atoms with van der Waals surface area (Å²) in [6.45, 7) is 2.07. The van der Waals surface area contributed by atoms with E-state index in [0.717, 1.165) is 18.0 Å². The molecular formula is C16H22N4O. The van der Waals surface area contributed by atoms with Crippen LogP contribution in [0.3, 0.4) is 0 Å². The molecule has 2 aromatic rings. The molecule has 0 fully saturated rings. The van der Waals surface area contributed by atoms with E-state index in [1.54, 1.807) is 0 Å². The molecule has 3 rings (SSSR count). The Balaban J connectivity index is 1.52. The lowest BCUT2D eigenvalue weighted by Gasteiger charge is -2.16. The van der Waals surface area contributed by atoms with Gasteiger partial charge in [0.05, 0.1) is 12.2 Å². The minimum Gasteiger partial charge on any atom is -0.492 e. The van der Waals surface area contributed by atoms with Crippen molar-refractivity contribution in [3.63, 3.8) is 0 Å². The van der Waals surface area contributed by atoms with Crippen LogP contribution < -0.4 is 10.1 Å². The van der Waals surface area contributed by atoms with Gasteiger partial charge in [0, 0.05) is 12.7 Å². The SMILES string of the molecule is CNCc1cn(CCOc2ccc3c(c2)CCCC3)nn1. The lowest BCUT2D eigenvalue weighted by Crippen LogP contribution is -2.10. The van der Waals surface area contributed by atoms with Gasteiger partial charge in [-0.3, -0.25) is 0 Å². The number of ether oxygens (including phenoxy) is 1. The number of benzene rings is 1. The molecule has 112 valence electrons. The Morgan fingerprint density at radius 3 is 2.95 bits per heavy atom. The summed E-state index contributed by atoms with van der Waals surface area (Å²) < 4.78 is 7.67. The molecule has 0 radical (unpaired) electrons. The fraction of sp³-hybridized carbons (Fsp3) is 0.500. The minimum atomic E-state index is 0.612. The molecule has 0 saturated carbocycles. The normalized spacial score (nSPS) is 14.0. The Morgan fingerprint density at radius 1 is 1.24 bits per heavy atom. The summed E-state index contributed by atoms with van der Waals surface area (Å²) in [6.07, 6.45) is 6.95. The molecule has 5 heteroatoms. The third-order valence-electron chi connectivity index (χ3n) is 3.85. The van der Waals surface area contributed by atoms with Gasteiger partial charge in [-0.2, -0.15) is 0 Å². The van der Waals surface area contributed by atoms with Crippen LogP contribution in [0.15, 0.2) is 24.4 Å². The van der Waals surface area contributed by atoms with Gasteiger partial charge in [-0.15, -0.1) is 5.10 Å². The Kier molecular flexibility index (Phi) is 4.50. The van der Waals surface area contributed by atoms with Crippen molar-refractivity contribution in [2.75, 3.05) is 13.7 Å². The number of rotatable bonds is 6. The van der Waals surface area contributed by atoms with Gasteiger partial charge in [0.15, 0.2) is 0 Å². The Bertz CT molecular complexity index is 594. The average molecular weight is 286 g/mol. The van der Waals surface area contributed by atoms with Crippen molar-refractivity contribution in [3.8, 4) is 5.75 Å². The van der Waals surface area contributed by atoms with Crippen LogP contribution in [-0.4, -0.2) is 28.6 Å². The van der Waals surface area contributed by atoms with Crippen LogP contribution in [0.2, 0.25) is 0 Å². The van der Waals surface area contributed by atoms with Crippen molar-refractivity contribution in [2.45, 2.75) is 38.8 Å². The van der Waals surface area contributed by atoms with E-state index in [0.29, 0.717) is 13.2 Å². The number of aromatic nitrogens is 3. The highest BCUT2D eigenvalue weighted by Crippen LogP contribution is 2.25. The van der Waals surface area contributed by atoms with E-state index in [1.165, 1.54) is 36.8 Å². The third-order valence-corrected chi connectivity index (χ3v) is 3.85. The van der Waals surface area contributed by atoms with Crippen LogP contribution in [-0.2, 0) is 25.9 Å². The van der Waals surface area contributed by atoms with Crippen molar-refractivity contribution in [1.82, 2.24) is 20.3 Å². The molecule has 1 aliphatic rings. The molecule has 0 atom stereocenters. The summed E-state index contributed by atoms with van der Waals surface area (Å²) in [5.74, 6) is 0.964. The van der Waals surface area contributed by atoms with E-state index in [9.17, 15) is 0 Å². The van der Waals surface area contributed by atoms with Crippen molar-refractivity contribution in [3.05, 3.63) is 41.2 Å². The topological polar surface area (TPSA) is 52.0 Å². The molecule has 1 N–H and O–H groups in total. The monoisotopic (exact) mass is 286 g/mol. The van der Waals surface area contributed by atoms with Crippen LogP contribution in [0.4, 0.5) is 0 Å². The number of nitrogens with one attached hydrogen (secondary N) is 1. The molecule has 1 heterocycles. The zero-order chi connectivity index (χ0) is 14.5.